The van der Waals surface area contributed by atoms with Crippen molar-refractivity contribution < 1.29 is 18.7 Å². The van der Waals surface area contributed by atoms with Crippen molar-refractivity contribution in [2.24, 2.45) is 0 Å². The predicted molar refractivity (Wildman–Crippen MR) is 73.2 cm³/mol. The number of ether oxygens (including phenoxy) is 1. The predicted octanol–water partition coefficient (Wildman–Crippen LogP) is 2.17. The molecule has 0 aliphatic heterocycles. The van der Waals surface area contributed by atoms with Crippen molar-refractivity contribution in [2.45, 2.75) is 50.7 Å². The third-order valence-corrected chi connectivity index (χ3v) is 3.66. The molecule has 1 heterocycles. The molecule has 1 atom stereocenters. The Morgan fingerprint density at radius 3 is 2.71 bits per heavy atom. The molecule has 1 aromatic heterocycles. The van der Waals surface area contributed by atoms with Crippen LogP contribution in [-0.2, 0) is 9.53 Å². The van der Waals surface area contributed by atoms with E-state index in [9.17, 15) is 14.9 Å². The highest BCUT2D eigenvalue weighted by Gasteiger charge is 2.35. The second-order valence-electron chi connectivity index (χ2n) is 5.27. The van der Waals surface area contributed by atoms with Crippen molar-refractivity contribution in [3.8, 4) is 6.07 Å². The van der Waals surface area contributed by atoms with Crippen LogP contribution in [0.2, 0.25) is 0 Å². The van der Waals surface area contributed by atoms with Crippen molar-refractivity contribution in [2.75, 3.05) is 0 Å². The van der Waals surface area contributed by atoms with E-state index in [1.807, 2.05) is 0 Å². The number of nitrogens with one attached hydrogen (secondary N) is 1. The number of hydrogen-bond donors (Lipinski definition) is 1. The van der Waals surface area contributed by atoms with Gasteiger partial charge in [-0.25, -0.2) is 4.79 Å². The molecule has 6 nitrogen and oxygen atoms in total. The largest absolute Gasteiger partial charge is 0.457 e. The fraction of sp³-hybridized carbons (Fsp3) is 0.533. The molecule has 1 aliphatic carbocycles. The molecule has 1 saturated carbocycles. The van der Waals surface area contributed by atoms with E-state index in [1.54, 1.807) is 6.07 Å². The molecule has 1 aliphatic rings. The van der Waals surface area contributed by atoms with Crippen LogP contribution in [0.15, 0.2) is 22.8 Å². The Hall–Kier alpha value is -2.29. The molecule has 0 radical (unpaired) electrons. The van der Waals surface area contributed by atoms with Gasteiger partial charge in [-0.2, -0.15) is 5.26 Å². The fourth-order valence-electron chi connectivity index (χ4n) is 2.42. The third-order valence-electron chi connectivity index (χ3n) is 3.66. The van der Waals surface area contributed by atoms with E-state index in [2.05, 4.69) is 11.4 Å². The number of nitriles is 1. The van der Waals surface area contributed by atoms with E-state index in [1.165, 1.54) is 19.3 Å². The zero-order chi connectivity index (χ0) is 15.3. The van der Waals surface area contributed by atoms with E-state index in [-0.39, 0.29) is 5.76 Å². The van der Waals surface area contributed by atoms with Crippen LogP contribution < -0.4 is 5.32 Å². The Balaban J connectivity index is 1.93. The van der Waals surface area contributed by atoms with Crippen molar-refractivity contribution in [3.05, 3.63) is 24.2 Å². The second-order valence-corrected chi connectivity index (χ2v) is 5.27. The van der Waals surface area contributed by atoms with Gasteiger partial charge in [0.1, 0.15) is 5.54 Å². The molecule has 1 amide bonds. The van der Waals surface area contributed by atoms with Gasteiger partial charge < -0.3 is 14.5 Å². The van der Waals surface area contributed by atoms with Crippen LogP contribution in [0.25, 0.3) is 0 Å². The molecule has 1 fully saturated rings. The number of hydrogen-bond acceptors (Lipinski definition) is 5. The lowest BCUT2D eigenvalue weighted by atomic mass is 9.83. The van der Waals surface area contributed by atoms with Crippen LogP contribution in [0.3, 0.4) is 0 Å². The van der Waals surface area contributed by atoms with Gasteiger partial charge in [0.25, 0.3) is 5.91 Å². The first kappa shape index (κ1) is 15.1. The first-order valence-corrected chi connectivity index (χ1v) is 7.04. The van der Waals surface area contributed by atoms with Crippen LogP contribution >= 0.6 is 0 Å². The van der Waals surface area contributed by atoms with Gasteiger partial charge in [0, 0.05) is 0 Å². The van der Waals surface area contributed by atoms with Crippen LogP contribution in [0.4, 0.5) is 0 Å². The highest BCUT2D eigenvalue weighted by Crippen LogP contribution is 2.27. The molecular weight excluding hydrogens is 272 g/mol. The zero-order valence-electron chi connectivity index (χ0n) is 11.9. The Kier molecular flexibility index (Phi) is 4.63. The number of carbonyl (C=O) groups is 2. The van der Waals surface area contributed by atoms with E-state index in [0.717, 1.165) is 19.3 Å². The first-order valence-electron chi connectivity index (χ1n) is 7.04. The van der Waals surface area contributed by atoms with E-state index < -0.39 is 23.5 Å². The Bertz CT molecular complexity index is 539. The molecule has 0 spiro atoms. The summed E-state index contributed by atoms with van der Waals surface area (Å²) in [6.45, 7) is 1.48. The molecule has 21 heavy (non-hydrogen) atoms. The summed E-state index contributed by atoms with van der Waals surface area (Å²) in [6.07, 6.45) is 4.54. The standard InChI is InChI=1S/C15H18N2O4/c1-11(21-14(19)12-6-5-9-20-12)13(18)17-15(10-16)7-3-2-4-8-15/h5-6,9,11H,2-4,7-8H2,1H3,(H,17,18)/t11-/m1/s1. The minimum atomic E-state index is -0.977. The van der Waals surface area contributed by atoms with Crippen LogP contribution in [0.5, 0.6) is 0 Å². The Labute approximate surface area is 123 Å². The second kappa shape index (κ2) is 6.44. The maximum atomic E-state index is 12.1. The summed E-state index contributed by atoms with van der Waals surface area (Å²) in [7, 11) is 0. The third kappa shape index (κ3) is 3.63. The minimum Gasteiger partial charge on any atom is -0.457 e. The van der Waals surface area contributed by atoms with E-state index in [4.69, 9.17) is 9.15 Å². The summed E-state index contributed by atoms with van der Waals surface area (Å²) >= 11 is 0. The summed E-state index contributed by atoms with van der Waals surface area (Å²) < 4.78 is 9.94. The number of carbonyl (C=O) groups excluding carboxylic acids is 2. The van der Waals surface area contributed by atoms with Gasteiger partial charge in [-0.3, -0.25) is 4.79 Å². The lowest BCUT2D eigenvalue weighted by Crippen LogP contribution is -2.52. The number of amides is 1. The smallest absolute Gasteiger partial charge is 0.374 e. The van der Waals surface area contributed by atoms with Crippen LogP contribution in [0, 0.1) is 11.3 Å². The monoisotopic (exact) mass is 290 g/mol. The van der Waals surface area contributed by atoms with Crippen molar-refractivity contribution >= 4 is 11.9 Å². The molecule has 0 aromatic carbocycles. The maximum absolute atomic E-state index is 12.1. The lowest BCUT2D eigenvalue weighted by Gasteiger charge is -2.32. The fourth-order valence-corrected chi connectivity index (χ4v) is 2.42. The van der Waals surface area contributed by atoms with Gasteiger partial charge in [-0.1, -0.05) is 19.3 Å². The Morgan fingerprint density at radius 2 is 2.14 bits per heavy atom. The van der Waals surface area contributed by atoms with Gasteiger partial charge >= 0.3 is 5.97 Å². The quantitative estimate of drug-likeness (QED) is 0.858. The van der Waals surface area contributed by atoms with Gasteiger partial charge in [-0.15, -0.1) is 0 Å². The SMILES string of the molecule is C[C@@H](OC(=O)c1ccco1)C(=O)NC1(C#N)CCCCC1. The number of nitrogens with zero attached hydrogens (tertiary/aromatic N) is 1. The minimum absolute atomic E-state index is 0.0438. The molecule has 0 saturated heterocycles. The molecule has 1 N–H and O–H groups in total. The van der Waals surface area contributed by atoms with Gasteiger partial charge in [0.15, 0.2) is 6.10 Å². The average Bonchev–Trinajstić information content (AvgIpc) is 3.02. The van der Waals surface area contributed by atoms with E-state index in [0.29, 0.717) is 12.8 Å². The summed E-state index contributed by atoms with van der Waals surface area (Å²) in [5.41, 5.74) is -0.833. The van der Waals surface area contributed by atoms with Crippen molar-refractivity contribution in [3.63, 3.8) is 0 Å². The summed E-state index contributed by atoms with van der Waals surface area (Å²) in [4.78, 5) is 23.8. The van der Waals surface area contributed by atoms with Gasteiger partial charge in [-0.05, 0) is 31.9 Å². The summed E-state index contributed by atoms with van der Waals surface area (Å²) in [6, 6.07) is 5.22. The molecule has 2 rings (SSSR count). The highest BCUT2D eigenvalue weighted by atomic mass is 16.6. The first-order chi connectivity index (χ1) is 10.1. The molecule has 0 bridgehead atoms. The van der Waals surface area contributed by atoms with Crippen LogP contribution in [-0.4, -0.2) is 23.5 Å². The highest BCUT2D eigenvalue weighted by molar-refractivity contribution is 5.90. The number of rotatable bonds is 4. The zero-order valence-corrected chi connectivity index (χ0v) is 11.9. The summed E-state index contributed by atoms with van der Waals surface area (Å²) in [5.74, 6) is -1.11. The van der Waals surface area contributed by atoms with Crippen molar-refractivity contribution in [1.29, 1.82) is 5.26 Å². The molecule has 0 unspecified atom stereocenters. The summed E-state index contributed by atoms with van der Waals surface area (Å²) in [5, 5.41) is 12.0. The topological polar surface area (TPSA) is 92.3 Å². The van der Waals surface area contributed by atoms with E-state index >= 15 is 0 Å². The molecule has 112 valence electrons. The molecule has 6 heteroatoms. The number of furan rings is 1. The molecule has 1 aromatic rings. The Morgan fingerprint density at radius 1 is 1.43 bits per heavy atom. The van der Waals surface area contributed by atoms with Crippen molar-refractivity contribution in [1.82, 2.24) is 5.32 Å². The maximum Gasteiger partial charge on any atom is 0.374 e. The average molecular weight is 290 g/mol. The van der Waals surface area contributed by atoms with Crippen LogP contribution in [0.1, 0.15) is 49.6 Å². The van der Waals surface area contributed by atoms with Gasteiger partial charge in [0.2, 0.25) is 5.76 Å². The van der Waals surface area contributed by atoms with Gasteiger partial charge in [0.05, 0.1) is 12.3 Å². The molecular formula is C15H18N2O4. The number of esters is 1. The lowest BCUT2D eigenvalue weighted by molar-refractivity contribution is -0.130. The normalized spacial score (nSPS) is 18.3.